The molecule has 1 amide bonds. The molecule has 1 aromatic rings. The first-order chi connectivity index (χ1) is 12.2. The van der Waals surface area contributed by atoms with Crippen LogP contribution in [0.4, 0.5) is 13.2 Å². The number of ether oxygens (including phenoxy) is 2. The lowest BCUT2D eigenvalue weighted by Gasteiger charge is -2.22. The van der Waals surface area contributed by atoms with E-state index >= 15 is 0 Å². The monoisotopic (exact) mass is 373 g/mol. The van der Waals surface area contributed by atoms with E-state index in [1.54, 1.807) is 12.1 Å². The van der Waals surface area contributed by atoms with Crippen LogP contribution in [0, 0.1) is 0 Å². The Morgan fingerprint density at radius 1 is 1.27 bits per heavy atom. The van der Waals surface area contributed by atoms with Crippen LogP contribution in [0.25, 0.3) is 0 Å². The van der Waals surface area contributed by atoms with Gasteiger partial charge in [-0.1, -0.05) is 6.08 Å². The fraction of sp³-hybridized carbons (Fsp3) is 0.444. The van der Waals surface area contributed by atoms with Crippen LogP contribution in [0.3, 0.4) is 0 Å². The maximum Gasteiger partial charge on any atom is 0.406 e. The summed E-state index contributed by atoms with van der Waals surface area (Å²) in [4.78, 5) is 24.0. The average molecular weight is 373 g/mol. The number of carbonyl (C=O) groups is 2. The van der Waals surface area contributed by atoms with E-state index in [-0.39, 0.29) is 31.8 Å². The molecule has 144 valence electrons. The topological polar surface area (TPSA) is 55.8 Å². The van der Waals surface area contributed by atoms with Crippen molar-refractivity contribution in [1.82, 2.24) is 4.90 Å². The summed E-state index contributed by atoms with van der Waals surface area (Å²) in [5, 5.41) is 0. The summed E-state index contributed by atoms with van der Waals surface area (Å²) in [6, 6.07) is 4.70. The van der Waals surface area contributed by atoms with Crippen molar-refractivity contribution in [2.45, 2.75) is 25.9 Å². The molecule has 0 spiro atoms. The van der Waals surface area contributed by atoms with Crippen LogP contribution in [0.2, 0.25) is 0 Å². The molecule has 0 saturated heterocycles. The molecule has 0 unspecified atom stereocenters. The van der Waals surface area contributed by atoms with E-state index in [1.165, 1.54) is 26.2 Å². The first-order valence-electron chi connectivity index (χ1n) is 7.95. The lowest BCUT2D eigenvalue weighted by molar-refractivity contribution is -0.160. The van der Waals surface area contributed by atoms with Crippen molar-refractivity contribution in [2.24, 2.45) is 0 Å². The Morgan fingerprint density at radius 3 is 2.50 bits per heavy atom. The second-order valence-corrected chi connectivity index (χ2v) is 5.55. The number of alkyl halides is 3. The van der Waals surface area contributed by atoms with Crippen LogP contribution in [0.5, 0.6) is 11.5 Å². The van der Waals surface area contributed by atoms with Crippen molar-refractivity contribution in [2.75, 3.05) is 26.8 Å². The van der Waals surface area contributed by atoms with Gasteiger partial charge in [0.15, 0.2) is 17.3 Å². The fourth-order valence-corrected chi connectivity index (χ4v) is 2.20. The summed E-state index contributed by atoms with van der Waals surface area (Å²) in [6.45, 7) is 3.44. The van der Waals surface area contributed by atoms with Gasteiger partial charge in [0, 0.05) is 18.5 Å². The van der Waals surface area contributed by atoms with Gasteiger partial charge in [0.25, 0.3) is 0 Å². The number of halogens is 3. The van der Waals surface area contributed by atoms with Gasteiger partial charge in [0.2, 0.25) is 5.91 Å². The van der Waals surface area contributed by atoms with Gasteiger partial charge in [-0.05, 0) is 31.5 Å². The molecule has 0 aromatic heterocycles. The predicted molar refractivity (Wildman–Crippen MR) is 90.6 cm³/mol. The smallest absolute Gasteiger partial charge is 0.406 e. The first-order valence-corrected chi connectivity index (χ1v) is 7.95. The third-order valence-corrected chi connectivity index (χ3v) is 3.44. The van der Waals surface area contributed by atoms with Crippen LogP contribution in [-0.2, 0) is 4.79 Å². The average Bonchev–Trinajstić information content (AvgIpc) is 2.56. The fourth-order valence-electron chi connectivity index (χ4n) is 2.20. The second kappa shape index (κ2) is 9.84. The Bertz CT molecular complexity index is 644. The van der Waals surface area contributed by atoms with Gasteiger partial charge in [0.1, 0.15) is 6.54 Å². The number of methoxy groups -OCH3 is 1. The number of Topliss-reactive ketones (excluding diaryl/α,β-unsaturated/α-hetero) is 1. The van der Waals surface area contributed by atoms with Crippen molar-refractivity contribution in [3.05, 3.63) is 36.4 Å². The Balaban J connectivity index is 2.56. The number of benzene rings is 1. The minimum Gasteiger partial charge on any atom is -0.493 e. The second-order valence-electron chi connectivity index (χ2n) is 5.55. The molecule has 0 heterocycles. The van der Waals surface area contributed by atoms with E-state index < -0.39 is 18.6 Å². The summed E-state index contributed by atoms with van der Waals surface area (Å²) in [5.74, 6) is 0.0229. The number of rotatable bonds is 10. The lowest BCUT2D eigenvalue weighted by Crippen LogP contribution is -2.39. The quantitative estimate of drug-likeness (QED) is 0.357. The number of nitrogens with zero attached hydrogens (tertiary/aromatic N) is 1. The van der Waals surface area contributed by atoms with Crippen molar-refractivity contribution in [1.29, 1.82) is 0 Å². The van der Waals surface area contributed by atoms with Crippen molar-refractivity contribution < 1.29 is 32.2 Å². The standard InChI is InChI=1S/C18H22F3NO4/c1-4-9-22(12-18(19,20)21)17(24)6-5-10-26-15-8-7-14(13(2)23)11-16(15)25-3/h4,7-8,11H,1,5-6,9-10,12H2,2-3H3. The lowest BCUT2D eigenvalue weighted by atomic mass is 10.1. The van der Waals surface area contributed by atoms with Crippen molar-refractivity contribution in [3.8, 4) is 11.5 Å². The summed E-state index contributed by atoms with van der Waals surface area (Å²) in [7, 11) is 1.43. The highest BCUT2D eigenvalue weighted by molar-refractivity contribution is 5.94. The molecule has 5 nitrogen and oxygen atoms in total. The number of ketones is 1. The van der Waals surface area contributed by atoms with E-state index in [1.807, 2.05) is 0 Å². The molecule has 0 aliphatic rings. The van der Waals surface area contributed by atoms with Gasteiger partial charge >= 0.3 is 6.18 Å². The number of carbonyl (C=O) groups excluding carboxylic acids is 2. The van der Waals surface area contributed by atoms with E-state index in [9.17, 15) is 22.8 Å². The van der Waals surface area contributed by atoms with Gasteiger partial charge in [0.05, 0.1) is 13.7 Å². The van der Waals surface area contributed by atoms with Crippen LogP contribution in [0.1, 0.15) is 30.1 Å². The molecular weight excluding hydrogens is 351 g/mol. The zero-order valence-corrected chi connectivity index (χ0v) is 14.8. The largest absolute Gasteiger partial charge is 0.493 e. The SMILES string of the molecule is C=CCN(CC(F)(F)F)C(=O)CCCOc1ccc(C(C)=O)cc1OC. The molecular formula is C18H22F3NO4. The maximum atomic E-state index is 12.5. The van der Waals surface area contributed by atoms with Crippen molar-refractivity contribution in [3.63, 3.8) is 0 Å². The Morgan fingerprint density at radius 2 is 1.96 bits per heavy atom. The van der Waals surface area contributed by atoms with Gasteiger partial charge in [-0.15, -0.1) is 6.58 Å². The van der Waals surface area contributed by atoms with Gasteiger partial charge < -0.3 is 14.4 Å². The molecule has 0 atom stereocenters. The molecule has 1 rings (SSSR count). The van der Waals surface area contributed by atoms with Gasteiger partial charge in [-0.2, -0.15) is 13.2 Å². The Hall–Kier alpha value is -2.51. The van der Waals surface area contributed by atoms with Crippen molar-refractivity contribution >= 4 is 11.7 Å². The number of hydrogen-bond acceptors (Lipinski definition) is 4. The summed E-state index contributed by atoms with van der Waals surface area (Å²) >= 11 is 0. The predicted octanol–water partition coefficient (Wildman–Crippen LogP) is 3.63. The third kappa shape index (κ3) is 7.16. The minimum atomic E-state index is -4.46. The van der Waals surface area contributed by atoms with E-state index in [0.717, 1.165) is 0 Å². The molecule has 0 N–H and O–H groups in total. The maximum absolute atomic E-state index is 12.5. The molecule has 0 aliphatic carbocycles. The molecule has 8 heteroatoms. The van der Waals surface area contributed by atoms with Gasteiger partial charge in [-0.25, -0.2) is 0 Å². The molecule has 26 heavy (non-hydrogen) atoms. The number of hydrogen-bond donors (Lipinski definition) is 0. The van der Waals surface area contributed by atoms with Gasteiger partial charge in [-0.3, -0.25) is 9.59 Å². The first kappa shape index (κ1) is 21.5. The zero-order valence-electron chi connectivity index (χ0n) is 14.8. The van der Waals surface area contributed by atoms with Crippen LogP contribution < -0.4 is 9.47 Å². The molecule has 1 aromatic carbocycles. The highest BCUT2D eigenvalue weighted by Gasteiger charge is 2.32. The van der Waals surface area contributed by atoms with Crippen LogP contribution >= 0.6 is 0 Å². The van der Waals surface area contributed by atoms with E-state index in [2.05, 4.69) is 6.58 Å². The highest BCUT2D eigenvalue weighted by Crippen LogP contribution is 2.28. The molecule has 0 fully saturated rings. The molecule has 0 radical (unpaired) electrons. The van der Waals surface area contributed by atoms with Crippen LogP contribution in [-0.4, -0.2) is 49.6 Å². The molecule has 0 aliphatic heterocycles. The normalized spacial score (nSPS) is 11.0. The van der Waals surface area contributed by atoms with Crippen LogP contribution in [0.15, 0.2) is 30.9 Å². The summed E-state index contributed by atoms with van der Waals surface area (Å²) < 4.78 is 48.1. The zero-order chi connectivity index (χ0) is 19.7. The minimum absolute atomic E-state index is 0.0856. The highest BCUT2D eigenvalue weighted by atomic mass is 19.4. The molecule has 0 bridgehead atoms. The summed E-state index contributed by atoms with van der Waals surface area (Å²) in [5.41, 5.74) is 0.469. The summed E-state index contributed by atoms with van der Waals surface area (Å²) in [6.07, 6.45) is -3.05. The number of amides is 1. The third-order valence-electron chi connectivity index (χ3n) is 3.44. The Kier molecular flexibility index (Phi) is 8.15. The van der Waals surface area contributed by atoms with E-state index in [4.69, 9.17) is 9.47 Å². The Labute approximate surface area is 150 Å². The molecule has 0 saturated carbocycles. The van der Waals surface area contributed by atoms with E-state index in [0.29, 0.717) is 22.0 Å².